The predicted octanol–water partition coefficient (Wildman–Crippen LogP) is 3.74. The van der Waals surface area contributed by atoms with Crippen LogP contribution in [0.4, 0.5) is 11.4 Å². The highest BCUT2D eigenvalue weighted by Crippen LogP contribution is 2.27. The molecule has 2 aliphatic rings. The Morgan fingerprint density at radius 2 is 1.61 bits per heavy atom. The van der Waals surface area contributed by atoms with E-state index in [1.807, 2.05) is 85.7 Å². The summed E-state index contributed by atoms with van der Waals surface area (Å²) in [6, 6.07) is 24.4. The van der Waals surface area contributed by atoms with Gasteiger partial charge in [0, 0.05) is 30.9 Å². The number of benzene rings is 3. The van der Waals surface area contributed by atoms with E-state index in [9.17, 15) is 9.59 Å². The van der Waals surface area contributed by atoms with Crippen molar-refractivity contribution in [3.8, 4) is 0 Å². The van der Waals surface area contributed by atoms with Crippen molar-refractivity contribution in [1.29, 1.82) is 0 Å². The summed E-state index contributed by atoms with van der Waals surface area (Å²) in [6.07, 6.45) is 1.73. The van der Waals surface area contributed by atoms with Crippen LogP contribution in [0.5, 0.6) is 0 Å². The number of hydrazone groups is 1. The van der Waals surface area contributed by atoms with Crippen molar-refractivity contribution >= 4 is 40.8 Å². The second kappa shape index (κ2) is 8.20. The Hall–Kier alpha value is -4.52. The van der Waals surface area contributed by atoms with Gasteiger partial charge in [0.15, 0.2) is 11.5 Å². The number of aliphatic imine (C=N–C) groups is 1. The van der Waals surface area contributed by atoms with Gasteiger partial charge in [-0.3, -0.25) is 9.59 Å². The molecule has 0 spiro atoms. The van der Waals surface area contributed by atoms with Crippen molar-refractivity contribution < 1.29 is 9.59 Å². The summed E-state index contributed by atoms with van der Waals surface area (Å²) in [5.41, 5.74) is 4.39. The third-order valence-corrected chi connectivity index (χ3v) is 5.43. The monoisotopic (exact) mass is 435 g/mol. The average molecular weight is 435 g/mol. The number of para-hydroxylation sites is 1. The first-order valence-electron chi connectivity index (χ1n) is 10.5. The third kappa shape index (κ3) is 3.80. The lowest BCUT2D eigenvalue weighted by Gasteiger charge is -2.13. The Kier molecular flexibility index (Phi) is 5.06. The van der Waals surface area contributed by atoms with Gasteiger partial charge in [0.2, 0.25) is 0 Å². The van der Waals surface area contributed by atoms with Gasteiger partial charge >= 0.3 is 0 Å². The number of amides is 2. The summed E-state index contributed by atoms with van der Waals surface area (Å²) in [6.45, 7) is 0. The lowest BCUT2D eigenvalue weighted by atomic mass is 10.1. The highest BCUT2D eigenvalue weighted by Gasteiger charge is 2.34. The smallest absolute Gasteiger partial charge is 0.298 e. The van der Waals surface area contributed by atoms with Gasteiger partial charge < -0.3 is 10.2 Å². The van der Waals surface area contributed by atoms with Gasteiger partial charge in [-0.1, -0.05) is 60.7 Å². The zero-order valence-corrected chi connectivity index (χ0v) is 18.2. The summed E-state index contributed by atoms with van der Waals surface area (Å²) < 4.78 is 0. The summed E-state index contributed by atoms with van der Waals surface area (Å²) in [5, 5.41) is 8.48. The van der Waals surface area contributed by atoms with Crippen LogP contribution >= 0.6 is 0 Å². The Bertz CT molecular complexity index is 1340. The molecule has 0 saturated carbocycles. The predicted molar refractivity (Wildman–Crippen MR) is 130 cm³/mol. The molecule has 3 aromatic carbocycles. The fourth-order valence-electron chi connectivity index (χ4n) is 3.70. The fourth-order valence-corrected chi connectivity index (χ4v) is 3.70. The highest BCUT2D eigenvalue weighted by atomic mass is 16.2. The van der Waals surface area contributed by atoms with Gasteiger partial charge in [-0.05, 0) is 29.8 Å². The largest absolute Gasteiger partial charge is 0.378 e. The molecule has 2 heterocycles. The number of carbonyl (C=O) groups is 2. The first-order valence-corrected chi connectivity index (χ1v) is 10.5. The maximum absolute atomic E-state index is 13.4. The van der Waals surface area contributed by atoms with E-state index in [1.54, 1.807) is 18.2 Å². The van der Waals surface area contributed by atoms with Crippen LogP contribution in [0.25, 0.3) is 6.08 Å². The number of hydrogen-bond acceptors (Lipinski definition) is 5. The molecule has 0 unspecified atom stereocenters. The Labute approximate surface area is 191 Å². The molecule has 0 bridgehead atoms. The van der Waals surface area contributed by atoms with Crippen molar-refractivity contribution in [2.45, 2.75) is 0 Å². The Morgan fingerprint density at radius 1 is 0.909 bits per heavy atom. The molecule has 0 radical (unpaired) electrons. The number of amidine groups is 1. The van der Waals surface area contributed by atoms with E-state index < -0.39 is 5.91 Å². The second-order valence-corrected chi connectivity index (χ2v) is 7.88. The SMILES string of the molecule is CN(C)c1ccc(C=C2N=C(c3ccccc3)N(N=C3C(=O)Nc4ccccc43)C2=O)cc1. The molecule has 33 heavy (non-hydrogen) atoms. The van der Waals surface area contributed by atoms with E-state index in [0.29, 0.717) is 17.1 Å². The quantitative estimate of drug-likeness (QED) is 0.635. The zero-order chi connectivity index (χ0) is 22.9. The Morgan fingerprint density at radius 3 is 2.33 bits per heavy atom. The molecule has 0 aliphatic carbocycles. The van der Waals surface area contributed by atoms with Crippen molar-refractivity contribution in [3.63, 3.8) is 0 Å². The van der Waals surface area contributed by atoms with Crippen molar-refractivity contribution in [3.05, 3.63) is 101 Å². The first-order chi connectivity index (χ1) is 16.0. The van der Waals surface area contributed by atoms with E-state index in [2.05, 4.69) is 15.4 Å². The standard InChI is InChI=1S/C26H21N5O2/c1-30(2)19-14-12-17(13-15-19)16-22-26(33)31(24(27-22)18-8-4-3-5-9-18)29-23-20-10-6-7-11-21(20)28-25(23)32/h3-16H,1-2H3,(H,28,29,32). The van der Waals surface area contributed by atoms with Crippen LogP contribution in [0.2, 0.25) is 0 Å². The fraction of sp³-hybridized carbons (Fsp3) is 0.0769. The maximum atomic E-state index is 13.4. The van der Waals surface area contributed by atoms with Gasteiger partial charge in [-0.2, -0.15) is 10.1 Å². The highest BCUT2D eigenvalue weighted by molar-refractivity contribution is 6.54. The molecule has 0 saturated heterocycles. The summed E-state index contributed by atoms with van der Waals surface area (Å²) in [4.78, 5) is 32.6. The van der Waals surface area contributed by atoms with E-state index in [-0.39, 0.29) is 17.3 Å². The maximum Gasteiger partial charge on any atom is 0.298 e. The second-order valence-electron chi connectivity index (χ2n) is 7.88. The average Bonchev–Trinajstić information content (AvgIpc) is 3.31. The van der Waals surface area contributed by atoms with Crippen molar-refractivity contribution in [2.24, 2.45) is 10.1 Å². The lowest BCUT2D eigenvalue weighted by Crippen LogP contribution is -2.30. The third-order valence-electron chi connectivity index (χ3n) is 5.43. The number of anilines is 2. The molecular formula is C26H21N5O2. The lowest BCUT2D eigenvalue weighted by molar-refractivity contribution is -0.122. The summed E-state index contributed by atoms with van der Waals surface area (Å²) >= 11 is 0. The molecule has 162 valence electrons. The van der Waals surface area contributed by atoms with E-state index in [1.165, 1.54) is 5.01 Å². The molecule has 0 atom stereocenters. The van der Waals surface area contributed by atoms with Crippen molar-refractivity contribution in [2.75, 3.05) is 24.3 Å². The van der Waals surface area contributed by atoms with Crippen LogP contribution < -0.4 is 10.2 Å². The van der Waals surface area contributed by atoms with Crippen LogP contribution in [0.3, 0.4) is 0 Å². The molecular weight excluding hydrogens is 414 g/mol. The van der Waals surface area contributed by atoms with Crippen LogP contribution in [-0.2, 0) is 9.59 Å². The topological polar surface area (TPSA) is 77.4 Å². The van der Waals surface area contributed by atoms with Gasteiger partial charge in [0.25, 0.3) is 11.8 Å². The van der Waals surface area contributed by atoms with Crippen molar-refractivity contribution in [1.82, 2.24) is 5.01 Å². The van der Waals surface area contributed by atoms with Crippen LogP contribution in [-0.4, -0.2) is 42.5 Å². The summed E-state index contributed by atoms with van der Waals surface area (Å²) in [7, 11) is 3.94. The number of hydrogen-bond donors (Lipinski definition) is 1. The zero-order valence-electron chi connectivity index (χ0n) is 18.2. The molecule has 2 amide bonds. The van der Waals surface area contributed by atoms with Crippen LogP contribution in [0.1, 0.15) is 16.7 Å². The van der Waals surface area contributed by atoms with Gasteiger partial charge in [-0.15, -0.1) is 0 Å². The molecule has 2 aliphatic heterocycles. The van der Waals surface area contributed by atoms with E-state index >= 15 is 0 Å². The minimum Gasteiger partial charge on any atom is -0.378 e. The van der Waals surface area contributed by atoms with Gasteiger partial charge in [0.1, 0.15) is 5.70 Å². The Balaban J connectivity index is 1.57. The number of fused-ring (bicyclic) bond motifs is 1. The molecule has 5 rings (SSSR count). The number of rotatable bonds is 4. The molecule has 0 aromatic heterocycles. The van der Waals surface area contributed by atoms with Gasteiger partial charge in [-0.25, -0.2) is 4.99 Å². The van der Waals surface area contributed by atoms with Gasteiger partial charge in [0.05, 0.1) is 5.69 Å². The molecule has 0 fully saturated rings. The molecule has 3 aromatic rings. The van der Waals surface area contributed by atoms with Crippen LogP contribution in [0.15, 0.2) is 94.7 Å². The number of nitrogens with zero attached hydrogens (tertiary/aromatic N) is 4. The summed E-state index contributed by atoms with van der Waals surface area (Å²) in [5.74, 6) is -0.371. The molecule has 7 heteroatoms. The van der Waals surface area contributed by atoms with Crippen LogP contribution in [0, 0.1) is 0 Å². The number of nitrogens with one attached hydrogen (secondary N) is 1. The minimum atomic E-state index is -0.393. The first kappa shape index (κ1) is 20.4. The van der Waals surface area contributed by atoms with E-state index in [4.69, 9.17) is 0 Å². The molecule has 7 nitrogen and oxygen atoms in total. The number of carbonyl (C=O) groups excluding carboxylic acids is 2. The molecule has 1 N–H and O–H groups in total. The minimum absolute atomic E-state index is 0.180. The van der Waals surface area contributed by atoms with E-state index in [0.717, 1.165) is 16.8 Å². The normalized spacial score (nSPS) is 17.4.